The molecule has 0 aliphatic heterocycles. The smallest absolute Gasteiger partial charge is 0.323 e. The predicted octanol–water partition coefficient (Wildman–Crippen LogP) is 1.91. The van der Waals surface area contributed by atoms with Gasteiger partial charge in [-0.15, -0.1) is 0 Å². The van der Waals surface area contributed by atoms with E-state index in [0.29, 0.717) is 30.4 Å². The van der Waals surface area contributed by atoms with Crippen molar-refractivity contribution in [2.45, 2.75) is 40.0 Å². The van der Waals surface area contributed by atoms with E-state index in [-0.39, 0.29) is 6.61 Å². The Labute approximate surface area is 126 Å². The molecule has 0 amide bonds. The van der Waals surface area contributed by atoms with Crippen molar-refractivity contribution >= 4 is 11.9 Å². The summed E-state index contributed by atoms with van der Waals surface area (Å²) in [6, 6.07) is 0.320. The molecular weight excluding hydrogens is 270 g/mol. The number of nitrogens with zero attached hydrogens (tertiary/aromatic N) is 3. The Morgan fingerprint density at radius 2 is 1.76 bits per heavy atom. The van der Waals surface area contributed by atoms with Crippen molar-refractivity contribution in [2.24, 2.45) is 5.92 Å². The number of aliphatic hydroxyl groups excluding tert-OH is 1. The minimum absolute atomic E-state index is 0.205. The molecule has 0 aliphatic rings. The number of aromatic nitrogens is 3. The third kappa shape index (κ3) is 6.57. The topological polar surface area (TPSA) is 92.2 Å². The van der Waals surface area contributed by atoms with E-state index in [2.05, 4.69) is 32.5 Å². The second-order valence-corrected chi connectivity index (χ2v) is 4.78. The highest BCUT2D eigenvalue weighted by Gasteiger charge is 2.10. The normalized spacial score (nSPS) is 12.0. The Hall–Kier alpha value is -1.63. The molecule has 0 aliphatic carbocycles. The maximum Gasteiger partial charge on any atom is 0.323 e. The van der Waals surface area contributed by atoms with Gasteiger partial charge in [-0.25, -0.2) is 0 Å². The number of aliphatic hydroxyl groups is 1. The lowest BCUT2D eigenvalue weighted by molar-refractivity contribution is 0.255. The lowest BCUT2D eigenvalue weighted by Crippen LogP contribution is -2.18. The molecule has 1 unspecified atom stereocenters. The van der Waals surface area contributed by atoms with Crippen molar-refractivity contribution in [3.8, 4) is 6.01 Å². The fourth-order valence-corrected chi connectivity index (χ4v) is 2.04. The number of hydrogen-bond acceptors (Lipinski definition) is 7. The second kappa shape index (κ2) is 10.1. The van der Waals surface area contributed by atoms with Gasteiger partial charge in [-0.2, -0.15) is 15.0 Å². The van der Waals surface area contributed by atoms with Crippen LogP contribution in [0.1, 0.15) is 40.0 Å². The van der Waals surface area contributed by atoms with E-state index in [4.69, 9.17) is 9.84 Å². The first-order valence-electron chi connectivity index (χ1n) is 7.70. The number of rotatable bonds is 11. The predicted molar refractivity (Wildman–Crippen MR) is 83.8 cm³/mol. The van der Waals surface area contributed by atoms with Gasteiger partial charge in [0, 0.05) is 19.7 Å². The molecule has 0 aromatic carbocycles. The van der Waals surface area contributed by atoms with Crippen LogP contribution in [0.3, 0.4) is 0 Å². The number of ether oxygens (including phenoxy) is 1. The summed E-state index contributed by atoms with van der Waals surface area (Å²) >= 11 is 0. The first kappa shape index (κ1) is 17.4. The Morgan fingerprint density at radius 3 is 2.33 bits per heavy atom. The molecule has 1 atom stereocenters. The standard InChI is InChI=1S/C14H27N5O2/c1-4-7-11(8-9-20)10-16-13-17-12(15-5-2)18-14(19-13)21-6-3/h11,20H,4-10H2,1-3H3,(H2,15,16,17,18,19). The number of hydrogen-bond donors (Lipinski definition) is 3. The molecular formula is C14H27N5O2. The van der Waals surface area contributed by atoms with Crippen molar-refractivity contribution in [1.82, 2.24) is 15.0 Å². The first-order valence-corrected chi connectivity index (χ1v) is 7.70. The van der Waals surface area contributed by atoms with Crippen LogP contribution in [0.15, 0.2) is 0 Å². The van der Waals surface area contributed by atoms with E-state index in [9.17, 15) is 0 Å². The minimum Gasteiger partial charge on any atom is -0.464 e. The van der Waals surface area contributed by atoms with Crippen molar-refractivity contribution in [3.05, 3.63) is 0 Å². The highest BCUT2D eigenvalue weighted by molar-refractivity contribution is 5.35. The van der Waals surface area contributed by atoms with Gasteiger partial charge in [-0.3, -0.25) is 0 Å². The molecule has 1 aromatic rings. The summed E-state index contributed by atoms with van der Waals surface area (Å²) in [5.41, 5.74) is 0. The van der Waals surface area contributed by atoms with Crippen LogP contribution in [-0.4, -0.2) is 46.4 Å². The molecule has 21 heavy (non-hydrogen) atoms. The fourth-order valence-electron chi connectivity index (χ4n) is 2.04. The maximum absolute atomic E-state index is 9.09. The quantitative estimate of drug-likeness (QED) is 0.574. The van der Waals surface area contributed by atoms with E-state index in [0.717, 1.165) is 32.4 Å². The largest absolute Gasteiger partial charge is 0.464 e. The number of nitrogens with one attached hydrogen (secondary N) is 2. The lowest BCUT2D eigenvalue weighted by atomic mass is 10.0. The molecule has 0 saturated carbocycles. The Kier molecular flexibility index (Phi) is 8.42. The van der Waals surface area contributed by atoms with Crippen molar-refractivity contribution in [2.75, 3.05) is 36.9 Å². The third-order valence-electron chi connectivity index (χ3n) is 3.01. The molecule has 0 spiro atoms. The summed E-state index contributed by atoms with van der Waals surface area (Å²) in [6.07, 6.45) is 2.94. The lowest BCUT2D eigenvalue weighted by Gasteiger charge is -2.16. The van der Waals surface area contributed by atoms with Crippen LogP contribution < -0.4 is 15.4 Å². The summed E-state index contributed by atoms with van der Waals surface area (Å²) in [4.78, 5) is 12.7. The molecule has 1 aromatic heterocycles. The van der Waals surface area contributed by atoms with Gasteiger partial charge < -0.3 is 20.5 Å². The Balaban J connectivity index is 2.70. The van der Waals surface area contributed by atoms with Crippen LogP contribution in [0, 0.1) is 5.92 Å². The molecule has 0 radical (unpaired) electrons. The van der Waals surface area contributed by atoms with E-state index in [1.54, 1.807) is 0 Å². The average molecular weight is 297 g/mol. The minimum atomic E-state index is 0.205. The van der Waals surface area contributed by atoms with Gasteiger partial charge in [0.15, 0.2) is 0 Å². The van der Waals surface area contributed by atoms with Gasteiger partial charge >= 0.3 is 6.01 Å². The molecule has 0 saturated heterocycles. The third-order valence-corrected chi connectivity index (χ3v) is 3.01. The molecule has 120 valence electrons. The van der Waals surface area contributed by atoms with Crippen molar-refractivity contribution in [1.29, 1.82) is 0 Å². The highest BCUT2D eigenvalue weighted by atomic mass is 16.5. The summed E-state index contributed by atoms with van der Waals surface area (Å²) < 4.78 is 5.35. The number of anilines is 2. The monoisotopic (exact) mass is 297 g/mol. The van der Waals surface area contributed by atoms with Gasteiger partial charge in [-0.05, 0) is 32.6 Å². The van der Waals surface area contributed by atoms with Crippen LogP contribution >= 0.6 is 0 Å². The van der Waals surface area contributed by atoms with Gasteiger partial charge in [0.25, 0.3) is 0 Å². The van der Waals surface area contributed by atoms with Crippen molar-refractivity contribution in [3.63, 3.8) is 0 Å². The zero-order chi connectivity index (χ0) is 15.5. The molecule has 3 N–H and O–H groups in total. The molecule has 0 bridgehead atoms. The first-order chi connectivity index (χ1) is 10.2. The molecule has 1 heterocycles. The molecule has 7 heteroatoms. The van der Waals surface area contributed by atoms with E-state index in [1.165, 1.54) is 0 Å². The Bertz CT molecular complexity index is 373. The summed E-state index contributed by atoms with van der Waals surface area (Å²) in [7, 11) is 0. The maximum atomic E-state index is 9.09. The van der Waals surface area contributed by atoms with Crippen LogP contribution in [0.2, 0.25) is 0 Å². The van der Waals surface area contributed by atoms with Crippen LogP contribution in [0.4, 0.5) is 11.9 Å². The zero-order valence-corrected chi connectivity index (χ0v) is 13.2. The van der Waals surface area contributed by atoms with Crippen molar-refractivity contribution < 1.29 is 9.84 Å². The van der Waals surface area contributed by atoms with Gasteiger partial charge in [0.1, 0.15) is 0 Å². The molecule has 0 fully saturated rings. The van der Waals surface area contributed by atoms with Gasteiger partial charge in [0.2, 0.25) is 11.9 Å². The SMILES string of the molecule is CCCC(CCO)CNc1nc(NCC)nc(OCC)n1. The Morgan fingerprint density at radius 1 is 1.05 bits per heavy atom. The van der Waals surface area contributed by atoms with Crippen LogP contribution in [0.25, 0.3) is 0 Å². The van der Waals surface area contributed by atoms with E-state index in [1.807, 2.05) is 13.8 Å². The van der Waals surface area contributed by atoms with Gasteiger partial charge in [-0.1, -0.05) is 13.3 Å². The summed E-state index contributed by atoms with van der Waals surface area (Å²) in [6.45, 7) is 8.20. The second-order valence-electron chi connectivity index (χ2n) is 4.78. The average Bonchev–Trinajstić information content (AvgIpc) is 2.46. The van der Waals surface area contributed by atoms with Gasteiger partial charge in [0.05, 0.1) is 6.61 Å². The highest BCUT2D eigenvalue weighted by Crippen LogP contribution is 2.14. The fraction of sp³-hybridized carbons (Fsp3) is 0.786. The van der Waals surface area contributed by atoms with Crippen LogP contribution in [-0.2, 0) is 0 Å². The summed E-state index contributed by atoms with van der Waals surface area (Å²) in [5, 5.41) is 15.4. The van der Waals surface area contributed by atoms with E-state index < -0.39 is 0 Å². The summed E-state index contributed by atoms with van der Waals surface area (Å²) in [5.74, 6) is 1.42. The van der Waals surface area contributed by atoms with E-state index >= 15 is 0 Å². The molecule has 7 nitrogen and oxygen atoms in total. The zero-order valence-electron chi connectivity index (χ0n) is 13.2. The van der Waals surface area contributed by atoms with Crippen LogP contribution in [0.5, 0.6) is 6.01 Å². The molecule has 1 rings (SSSR count).